The van der Waals surface area contributed by atoms with Crippen LogP contribution in [-0.2, 0) is 0 Å². The number of hydrogen-bond donors (Lipinski definition) is 1. The first-order chi connectivity index (χ1) is 9.11. The smallest absolute Gasteiger partial charge is 0.0135 e. The number of benzene rings is 1. The van der Waals surface area contributed by atoms with Gasteiger partial charge in [-0.3, -0.25) is 0 Å². The fraction of sp³-hybridized carbons (Fsp3) is 0.647. The van der Waals surface area contributed by atoms with Gasteiger partial charge in [-0.2, -0.15) is 0 Å². The predicted molar refractivity (Wildman–Crippen MR) is 86.0 cm³/mol. The first-order valence-electron chi connectivity index (χ1n) is 7.61. The Morgan fingerprint density at radius 2 is 1.89 bits per heavy atom. The highest BCUT2D eigenvalue weighted by Crippen LogP contribution is 2.39. The van der Waals surface area contributed by atoms with Gasteiger partial charge in [-0.1, -0.05) is 39.8 Å². The highest BCUT2D eigenvalue weighted by atomic mass is 32.2. The van der Waals surface area contributed by atoms with Gasteiger partial charge in [0.05, 0.1) is 0 Å². The molecule has 1 aliphatic carbocycles. The van der Waals surface area contributed by atoms with E-state index in [2.05, 4.69) is 69.0 Å². The molecule has 0 aromatic heterocycles. The lowest BCUT2D eigenvalue weighted by Gasteiger charge is -2.21. The van der Waals surface area contributed by atoms with Gasteiger partial charge >= 0.3 is 0 Å². The molecule has 0 radical (unpaired) electrons. The SMILES string of the molecule is CCNC1CCC(Sc2ccc(C(C)C)cc2)C1C. The molecule has 0 saturated heterocycles. The second-order valence-corrected chi connectivity index (χ2v) is 7.29. The van der Waals surface area contributed by atoms with Crippen molar-refractivity contribution < 1.29 is 0 Å². The molecule has 0 aliphatic heterocycles. The second kappa shape index (κ2) is 6.81. The van der Waals surface area contributed by atoms with Crippen LogP contribution in [0.15, 0.2) is 29.2 Å². The van der Waals surface area contributed by atoms with Crippen LogP contribution in [0.1, 0.15) is 52.0 Å². The van der Waals surface area contributed by atoms with E-state index in [1.165, 1.54) is 23.3 Å². The van der Waals surface area contributed by atoms with Gasteiger partial charge < -0.3 is 5.32 Å². The van der Waals surface area contributed by atoms with Gasteiger partial charge in [0.2, 0.25) is 0 Å². The van der Waals surface area contributed by atoms with Crippen molar-refractivity contribution in [1.29, 1.82) is 0 Å². The summed E-state index contributed by atoms with van der Waals surface area (Å²) < 4.78 is 0. The molecule has 1 aromatic carbocycles. The molecule has 1 fully saturated rings. The van der Waals surface area contributed by atoms with Gasteiger partial charge in [-0.15, -0.1) is 11.8 Å². The van der Waals surface area contributed by atoms with Crippen molar-refractivity contribution in [3.8, 4) is 0 Å². The number of nitrogens with one attached hydrogen (secondary N) is 1. The summed E-state index contributed by atoms with van der Waals surface area (Å²) in [5.41, 5.74) is 1.44. The molecule has 19 heavy (non-hydrogen) atoms. The molecule has 0 bridgehead atoms. The van der Waals surface area contributed by atoms with E-state index in [9.17, 15) is 0 Å². The van der Waals surface area contributed by atoms with Crippen molar-refractivity contribution >= 4 is 11.8 Å². The third-order valence-corrected chi connectivity index (χ3v) is 5.80. The van der Waals surface area contributed by atoms with Gasteiger partial charge in [0, 0.05) is 16.2 Å². The fourth-order valence-electron chi connectivity index (χ4n) is 2.95. The molecule has 1 nitrogen and oxygen atoms in total. The van der Waals surface area contributed by atoms with Gasteiger partial charge in [0.1, 0.15) is 0 Å². The van der Waals surface area contributed by atoms with E-state index in [1.807, 2.05) is 0 Å². The number of rotatable bonds is 5. The van der Waals surface area contributed by atoms with Gasteiger partial charge in [0.25, 0.3) is 0 Å². The van der Waals surface area contributed by atoms with Crippen molar-refractivity contribution in [2.24, 2.45) is 5.92 Å². The van der Waals surface area contributed by atoms with Crippen LogP contribution in [-0.4, -0.2) is 17.8 Å². The van der Waals surface area contributed by atoms with E-state index in [0.29, 0.717) is 5.92 Å². The van der Waals surface area contributed by atoms with E-state index in [1.54, 1.807) is 0 Å². The van der Waals surface area contributed by atoms with Crippen LogP contribution < -0.4 is 5.32 Å². The second-order valence-electron chi connectivity index (χ2n) is 5.98. The first kappa shape index (κ1) is 14.9. The summed E-state index contributed by atoms with van der Waals surface area (Å²) in [6.45, 7) is 10.2. The molecule has 0 heterocycles. The van der Waals surface area contributed by atoms with Crippen molar-refractivity contribution in [2.45, 2.75) is 62.6 Å². The molecule has 1 N–H and O–H groups in total. The van der Waals surface area contributed by atoms with Crippen LogP contribution in [0, 0.1) is 5.92 Å². The zero-order chi connectivity index (χ0) is 13.8. The average molecular weight is 277 g/mol. The maximum atomic E-state index is 3.62. The number of thioether (sulfide) groups is 1. The van der Waals surface area contributed by atoms with Crippen LogP contribution >= 0.6 is 11.8 Å². The molecular weight excluding hydrogens is 250 g/mol. The Balaban J connectivity index is 1.94. The number of hydrogen-bond acceptors (Lipinski definition) is 2. The fourth-order valence-corrected chi connectivity index (χ4v) is 4.25. The molecule has 0 amide bonds. The van der Waals surface area contributed by atoms with Crippen molar-refractivity contribution in [3.63, 3.8) is 0 Å². The summed E-state index contributed by atoms with van der Waals surface area (Å²) in [6.07, 6.45) is 2.67. The monoisotopic (exact) mass is 277 g/mol. The molecule has 2 rings (SSSR count). The summed E-state index contributed by atoms with van der Waals surface area (Å²) in [5, 5.41) is 4.39. The minimum Gasteiger partial charge on any atom is -0.314 e. The maximum Gasteiger partial charge on any atom is 0.0135 e. The molecule has 0 spiro atoms. The molecule has 3 atom stereocenters. The Morgan fingerprint density at radius 1 is 1.21 bits per heavy atom. The Kier molecular flexibility index (Phi) is 5.35. The quantitative estimate of drug-likeness (QED) is 0.838. The van der Waals surface area contributed by atoms with Gasteiger partial charge in [-0.25, -0.2) is 0 Å². The largest absolute Gasteiger partial charge is 0.314 e. The van der Waals surface area contributed by atoms with Crippen LogP contribution in [0.25, 0.3) is 0 Å². The van der Waals surface area contributed by atoms with Crippen LogP contribution in [0.3, 0.4) is 0 Å². The topological polar surface area (TPSA) is 12.0 Å². The lowest BCUT2D eigenvalue weighted by atomic mass is 10.0. The van der Waals surface area contributed by atoms with Gasteiger partial charge in [-0.05, 0) is 48.9 Å². The minimum atomic E-state index is 0.627. The van der Waals surface area contributed by atoms with Crippen molar-refractivity contribution in [2.75, 3.05) is 6.54 Å². The summed E-state index contributed by atoms with van der Waals surface area (Å²) in [7, 11) is 0. The Bertz CT molecular complexity index is 385. The summed E-state index contributed by atoms with van der Waals surface area (Å²) >= 11 is 2.07. The lowest BCUT2D eigenvalue weighted by molar-refractivity contribution is 0.441. The van der Waals surface area contributed by atoms with E-state index in [0.717, 1.165) is 23.8 Å². The Hall–Kier alpha value is -0.470. The van der Waals surface area contributed by atoms with Crippen molar-refractivity contribution in [3.05, 3.63) is 29.8 Å². The van der Waals surface area contributed by atoms with E-state index in [4.69, 9.17) is 0 Å². The van der Waals surface area contributed by atoms with E-state index >= 15 is 0 Å². The standard InChI is InChI=1S/C17H27NS/c1-5-18-16-10-11-17(13(16)4)19-15-8-6-14(7-9-15)12(2)3/h6-9,12-13,16-18H,5,10-11H2,1-4H3. The Labute approximate surface area is 122 Å². The summed E-state index contributed by atoms with van der Waals surface area (Å²) in [5.74, 6) is 1.40. The van der Waals surface area contributed by atoms with E-state index < -0.39 is 0 Å². The third kappa shape index (κ3) is 3.76. The molecule has 2 heteroatoms. The van der Waals surface area contributed by atoms with Crippen LogP contribution in [0.5, 0.6) is 0 Å². The van der Waals surface area contributed by atoms with Crippen molar-refractivity contribution in [1.82, 2.24) is 5.32 Å². The third-order valence-electron chi connectivity index (χ3n) is 4.28. The molecule has 1 saturated carbocycles. The summed E-state index contributed by atoms with van der Waals surface area (Å²) in [4.78, 5) is 1.43. The predicted octanol–water partition coefficient (Wildman–Crippen LogP) is 4.68. The van der Waals surface area contributed by atoms with E-state index in [-0.39, 0.29) is 0 Å². The Morgan fingerprint density at radius 3 is 2.47 bits per heavy atom. The highest BCUT2D eigenvalue weighted by molar-refractivity contribution is 8.00. The molecule has 106 valence electrons. The average Bonchev–Trinajstić information content (AvgIpc) is 2.73. The normalized spacial score (nSPS) is 27.1. The first-order valence-corrected chi connectivity index (χ1v) is 8.49. The highest BCUT2D eigenvalue weighted by Gasteiger charge is 2.32. The van der Waals surface area contributed by atoms with Crippen LogP contribution in [0.4, 0.5) is 0 Å². The molecular formula is C17H27NS. The molecule has 3 unspecified atom stereocenters. The molecule has 1 aliphatic rings. The lowest BCUT2D eigenvalue weighted by Crippen LogP contribution is -2.32. The zero-order valence-corrected chi connectivity index (χ0v) is 13.5. The zero-order valence-electron chi connectivity index (χ0n) is 12.6. The van der Waals surface area contributed by atoms with Crippen LogP contribution in [0.2, 0.25) is 0 Å². The van der Waals surface area contributed by atoms with Gasteiger partial charge in [0.15, 0.2) is 0 Å². The minimum absolute atomic E-state index is 0.627. The molecule has 1 aromatic rings. The summed E-state index contributed by atoms with van der Waals surface area (Å²) in [6, 6.07) is 9.89. The maximum absolute atomic E-state index is 3.62.